The summed E-state index contributed by atoms with van der Waals surface area (Å²) in [5, 5.41) is 10.5. The van der Waals surface area contributed by atoms with Gasteiger partial charge in [0.15, 0.2) is 0 Å². The topological polar surface area (TPSA) is 20.2 Å². The van der Waals surface area contributed by atoms with Crippen molar-refractivity contribution >= 4 is 0 Å². The van der Waals surface area contributed by atoms with Crippen molar-refractivity contribution in [3.8, 4) is 0 Å². The third kappa shape index (κ3) is 2.71. The predicted molar refractivity (Wildman–Crippen MR) is 72.2 cm³/mol. The van der Waals surface area contributed by atoms with Crippen molar-refractivity contribution in [1.82, 2.24) is 0 Å². The lowest BCUT2D eigenvalue weighted by molar-refractivity contribution is 0.00516. The molecule has 0 saturated carbocycles. The summed E-state index contributed by atoms with van der Waals surface area (Å²) in [5.41, 5.74) is 3.72. The van der Waals surface area contributed by atoms with E-state index in [9.17, 15) is 5.11 Å². The van der Waals surface area contributed by atoms with Gasteiger partial charge in [-0.1, -0.05) is 38.5 Å². The highest BCUT2D eigenvalue weighted by atomic mass is 16.3. The number of hydrogen-bond donors (Lipinski definition) is 1. The Morgan fingerprint density at radius 2 is 2.00 bits per heavy atom. The lowest BCUT2D eigenvalue weighted by Gasteiger charge is -2.30. The standard InChI is InChI=1S/C16H24O/c1-4-12(2)16(3,17)11-13-8-9-14-6-5-7-15(14)10-13/h8-10,12,17H,4-7,11H2,1-3H3. The van der Waals surface area contributed by atoms with Gasteiger partial charge >= 0.3 is 0 Å². The van der Waals surface area contributed by atoms with E-state index in [-0.39, 0.29) is 0 Å². The molecule has 2 atom stereocenters. The summed E-state index contributed by atoms with van der Waals surface area (Å²) >= 11 is 0. The third-order valence-corrected chi connectivity index (χ3v) is 4.40. The van der Waals surface area contributed by atoms with Gasteiger partial charge in [-0.2, -0.15) is 0 Å². The molecule has 2 unspecified atom stereocenters. The average molecular weight is 232 g/mol. The van der Waals surface area contributed by atoms with Crippen molar-refractivity contribution in [3.63, 3.8) is 0 Å². The molecule has 1 aromatic rings. The summed E-state index contributed by atoms with van der Waals surface area (Å²) in [6.45, 7) is 6.24. The molecule has 0 heterocycles. The van der Waals surface area contributed by atoms with Crippen LogP contribution in [0.25, 0.3) is 0 Å². The van der Waals surface area contributed by atoms with Crippen molar-refractivity contribution in [3.05, 3.63) is 34.9 Å². The molecule has 0 fully saturated rings. The van der Waals surface area contributed by atoms with Gasteiger partial charge in [-0.3, -0.25) is 0 Å². The van der Waals surface area contributed by atoms with Crippen LogP contribution in [0.1, 0.15) is 50.3 Å². The van der Waals surface area contributed by atoms with Crippen molar-refractivity contribution < 1.29 is 5.11 Å². The summed E-state index contributed by atoms with van der Waals surface area (Å²) < 4.78 is 0. The predicted octanol–water partition coefficient (Wildman–Crippen LogP) is 3.51. The number of hydrogen-bond acceptors (Lipinski definition) is 1. The van der Waals surface area contributed by atoms with Gasteiger partial charge in [0, 0.05) is 6.42 Å². The van der Waals surface area contributed by atoms with E-state index in [1.54, 1.807) is 0 Å². The highest BCUT2D eigenvalue weighted by Gasteiger charge is 2.27. The average Bonchev–Trinajstić information content (AvgIpc) is 2.74. The Hall–Kier alpha value is -0.820. The van der Waals surface area contributed by atoms with Crippen LogP contribution in [-0.4, -0.2) is 10.7 Å². The summed E-state index contributed by atoms with van der Waals surface area (Å²) in [7, 11) is 0. The third-order valence-electron chi connectivity index (χ3n) is 4.40. The van der Waals surface area contributed by atoms with Gasteiger partial charge in [-0.05, 0) is 48.8 Å². The number of aryl methyl sites for hydroxylation is 2. The Morgan fingerprint density at radius 3 is 2.71 bits per heavy atom. The Morgan fingerprint density at radius 1 is 1.29 bits per heavy atom. The summed E-state index contributed by atoms with van der Waals surface area (Å²) in [5.74, 6) is 0.343. The van der Waals surface area contributed by atoms with E-state index in [0.29, 0.717) is 5.92 Å². The maximum absolute atomic E-state index is 10.5. The lowest BCUT2D eigenvalue weighted by Crippen LogP contribution is -2.34. The fraction of sp³-hybridized carbons (Fsp3) is 0.625. The van der Waals surface area contributed by atoms with Crippen LogP contribution < -0.4 is 0 Å². The Labute approximate surface area is 105 Å². The van der Waals surface area contributed by atoms with E-state index in [4.69, 9.17) is 0 Å². The monoisotopic (exact) mass is 232 g/mol. The normalized spacial score (nSPS) is 19.8. The van der Waals surface area contributed by atoms with E-state index in [1.165, 1.54) is 36.0 Å². The van der Waals surface area contributed by atoms with Gasteiger partial charge in [0.1, 0.15) is 0 Å². The molecule has 94 valence electrons. The molecule has 0 aliphatic heterocycles. The molecule has 0 spiro atoms. The molecule has 2 rings (SSSR count). The van der Waals surface area contributed by atoms with E-state index < -0.39 is 5.60 Å². The first-order valence-electron chi connectivity index (χ1n) is 6.86. The number of aliphatic hydroxyl groups is 1. The van der Waals surface area contributed by atoms with Crippen LogP contribution in [0.3, 0.4) is 0 Å². The Balaban J connectivity index is 2.14. The first kappa shape index (κ1) is 12.6. The second-order valence-electron chi connectivity index (χ2n) is 5.80. The second-order valence-corrected chi connectivity index (χ2v) is 5.80. The maximum atomic E-state index is 10.5. The molecule has 1 aliphatic carbocycles. The van der Waals surface area contributed by atoms with E-state index in [2.05, 4.69) is 32.0 Å². The maximum Gasteiger partial charge on any atom is 0.0685 e. The zero-order valence-electron chi connectivity index (χ0n) is 11.3. The minimum Gasteiger partial charge on any atom is -0.390 e. The molecule has 0 aromatic heterocycles. The van der Waals surface area contributed by atoms with Gasteiger partial charge in [0.2, 0.25) is 0 Å². The molecular weight excluding hydrogens is 208 g/mol. The lowest BCUT2D eigenvalue weighted by atomic mass is 9.83. The Bertz CT molecular complexity index is 393. The molecule has 0 saturated heterocycles. The summed E-state index contributed by atoms with van der Waals surface area (Å²) in [6, 6.07) is 6.75. The molecule has 1 aromatic carbocycles. The highest BCUT2D eigenvalue weighted by Crippen LogP contribution is 2.28. The second kappa shape index (κ2) is 4.81. The Kier molecular flexibility index (Phi) is 3.58. The van der Waals surface area contributed by atoms with Crippen LogP contribution >= 0.6 is 0 Å². The quantitative estimate of drug-likeness (QED) is 0.842. The van der Waals surface area contributed by atoms with Gasteiger partial charge in [0.05, 0.1) is 5.60 Å². The molecule has 0 amide bonds. The number of fused-ring (bicyclic) bond motifs is 1. The van der Waals surface area contributed by atoms with Crippen LogP contribution in [0.15, 0.2) is 18.2 Å². The smallest absolute Gasteiger partial charge is 0.0685 e. The molecule has 1 aliphatic rings. The zero-order chi connectivity index (χ0) is 12.5. The van der Waals surface area contributed by atoms with Gasteiger partial charge in [-0.25, -0.2) is 0 Å². The molecule has 1 heteroatoms. The zero-order valence-corrected chi connectivity index (χ0v) is 11.3. The summed E-state index contributed by atoms with van der Waals surface area (Å²) in [6.07, 6.45) is 5.54. The van der Waals surface area contributed by atoms with Crippen molar-refractivity contribution in [1.29, 1.82) is 0 Å². The molecule has 1 N–H and O–H groups in total. The highest BCUT2D eigenvalue weighted by molar-refractivity contribution is 5.35. The van der Waals surface area contributed by atoms with Gasteiger partial charge in [-0.15, -0.1) is 0 Å². The minimum atomic E-state index is -0.582. The molecule has 0 bridgehead atoms. The summed E-state index contributed by atoms with van der Waals surface area (Å²) in [4.78, 5) is 0. The first-order valence-corrected chi connectivity index (χ1v) is 6.86. The fourth-order valence-electron chi connectivity index (χ4n) is 2.76. The van der Waals surface area contributed by atoms with Crippen LogP contribution in [0.4, 0.5) is 0 Å². The van der Waals surface area contributed by atoms with Crippen LogP contribution in [0.2, 0.25) is 0 Å². The van der Waals surface area contributed by atoms with Crippen LogP contribution in [0.5, 0.6) is 0 Å². The number of benzene rings is 1. The van der Waals surface area contributed by atoms with Gasteiger partial charge in [0.25, 0.3) is 0 Å². The molecule has 0 radical (unpaired) electrons. The van der Waals surface area contributed by atoms with Crippen LogP contribution in [0, 0.1) is 5.92 Å². The fourth-order valence-corrected chi connectivity index (χ4v) is 2.76. The van der Waals surface area contributed by atoms with Gasteiger partial charge < -0.3 is 5.11 Å². The van der Waals surface area contributed by atoms with Crippen LogP contribution in [-0.2, 0) is 19.3 Å². The molecular formula is C16H24O. The van der Waals surface area contributed by atoms with Crippen molar-refractivity contribution in [2.45, 2.75) is 58.5 Å². The molecule has 17 heavy (non-hydrogen) atoms. The number of rotatable bonds is 4. The SMILES string of the molecule is CCC(C)C(C)(O)Cc1ccc2c(c1)CCC2. The van der Waals surface area contributed by atoms with E-state index >= 15 is 0 Å². The van der Waals surface area contributed by atoms with E-state index in [1.807, 2.05) is 6.92 Å². The largest absolute Gasteiger partial charge is 0.390 e. The molecule has 1 nitrogen and oxygen atoms in total. The minimum absolute atomic E-state index is 0.343. The van der Waals surface area contributed by atoms with Crippen molar-refractivity contribution in [2.75, 3.05) is 0 Å². The first-order chi connectivity index (χ1) is 8.03. The van der Waals surface area contributed by atoms with E-state index in [0.717, 1.165) is 12.8 Å². The van der Waals surface area contributed by atoms with Crippen molar-refractivity contribution in [2.24, 2.45) is 5.92 Å².